The first kappa shape index (κ1) is 11.5. The highest BCUT2D eigenvalue weighted by Crippen LogP contribution is 2.09. The molecule has 0 radical (unpaired) electrons. The summed E-state index contributed by atoms with van der Waals surface area (Å²) >= 11 is 0. The fourth-order valence-electron chi connectivity index (χ4n) is 1.22. The molecule has 1 aromatic rings. The van der Waals surface area contributed by atoms with Crippen molar-refractivity contribution in [2.24, 2.45) is 0 Å². The molecule has 0 spiro atoms. The van der Waals surface area contributed by atoms with E-state index < -0.39 is 0 Å². The minimum atomic E-state index is -0.337. The summed E-state index contributed by atoms with van der Waals surface area (Å²) in [4.78, 5) is 15.2. The van der Waals surface area contributed by atoms with Crippen molar-refractivity contribution < 1.29 is 9.53 Å². The van der Waals surface area contributed by atoms with Crippen molar-refractivity contribution in [2.45, 2.75) is 26.8 Å². The van der Waals surface area contributed by atoms with E-state index in [9.17, 15) is 4.79 Å². The molecule has 0 aliphatic rings. The van der Waals surface area contributed by atoms with Crippen LogP contribution in [0.15, 0.2) is 18.5 Å². The van der Waals surface area contributed by atoms with Crippen LogP contribution in [-0.4, -0.2) is 22.1 Å². The highest BCUT2D eigenvalue weighted by molar-refractivity contribution is 5.86. The van der Waals surface area contributed by atoms with Crippen molar-refractivity contribution in [3.8, 4) is 0 Å². The Balaban J connectivity index is 2.71. The summed E-state index contributed by atoms with van der Waals surface area (Å²) in [5.41, 5.74) is 0. The Morgan fingerprint density at radius 3 is 3.00 bits per heavy atom. The van der Waals surface area contributed by atoms with Crippen LogP contribution >= 0.6 is 0 Å². The van der Waals surface area contributed by atoms with Crippen molar-refractivity contribution in [1.82, 2.24) is 9.55 Å². The topological polar surface area (TPSA) is 44.1 Å². The maximum Gasteiger partial charge on any atom is 0.330 e. The highest BCUT2D eigenvalue weighted by Gasteiger charge is 2.03. The maximum absolute atomic E-state index is 11.1. The van der Waals surface area contributed by atoms with Crippen LogP contribution in [0.25, 0.3) is 6.08 Å². The molecule has 1 heterocycles. The quantitative estimate of drug-likeness (QED) is 0.561. The third-order valence-electron chi connectivity index (χ3n) is 1.91. The van der Waals surface area contributed by atoms with Gasteiger partial charge in [-0.15, -0.1) is 0 Å². The Kier molecular flexibility index (Phi) is 4.09. The number of hydrogen-bond donors (Lipinski definition) is 0. The average molecular weight is 208 g/mol. The fourth-order valence-corrected chi connectivity index (χ4v) is 1.22. The second kappa shape index (κ2) is 5.34. The molecule has 4 nitrogen and oxygen atoms in total. The number of ether oxygens (including phenoxy) is 1. The number of aromatic nitrogens is 2. The van der Waals surface area contributed by atoms with Crippen molar-refractivity contribution in [3.63, 3.8) is 0 Å². The van der Waals surface area contributed by atoms with Crippen molar-refractivity contribution in [1.29, 1.82) is 0 Å². The summed E-state index contributed by atoms with van der Waals surface area (Å²) in [6.45, 7) is 6.29. The number of carbonyl (C=O) groups is 1. The SMILES string of the molecule is CCOC(=O)/C=C/c1nccn1C(C)C. The first-order chi connectivity index (χ1) is 7.15. The van der Waals surface area contributed by atoms with Gasteiger partial charge in [0.1, 0.15) is 5.82 Å². The van der Waals surface area contributed by atoms with Gasteiger partial charge in [0.05, 0.1) is 6.61 Å². The minimum absolute atomic E-state index is 0.328. The molecule has 0 fully saturated rings. The number of esters is 1. The number of rotatable bonds is 4. The number of imidazole rings is 1. The minimum Gasteiger partial charge on any atom is -0.463 e. The lowest BCUT2D eigenvalue weighted by Crippen LogP contribution is -2.03. The zero-order valence-corrected chi connectivity index (χ0v) is 9.30. The summed E-state index contributed by atoms with van der Waals surface area (Å²) in [6.07, 6.45) is 6.66. The number of carbonyl (C=O) groups excluding carboxylic acids is 1. The van der Waals surface area contributed by atoms with Gasteiger partial charge in [0.15, 0.2) is 0 Å². The lowest BCUT2D eigenvalue weighted by Gasteiger charge is -2.08. The predicted molar refractivity (Wildman–Crippen MR) is 58.3 cm³/mol. The molecular formula is C11H16N2O2. The molecular weight excluding hydrogens is 192 g/mol. The molecule has 0 N–H and O–H groups in total. The van der Waals surface area contributed by atoms with Gasteiger partial charge in [-0.2, -0.15) is 0 Å². The molecule has 1 aromatic heterocycles. The van der Waals surface area contributed by atoms with E-state index >= 15 is 0 Å². The van der Waals surface area contributed by atoms with Crippen molar-refractivity contribution in [2.75, 3.05) is 6.61 Å². The molecule has 0 bridgehead atoms. The van der Waals surface area contributed by atoms with E-state index in [1.54, 1.807) is 19.2 Å². The molecule has 0 aromatic carbocycles. The summed E-state index contributed by atoms with van der Waals surface area (Å²) in [7, 11) is 0. The standard InChI is InChI=1S/C11H16N2O2/c1-4-15-11(14)6-5-10-12-7-8-13(10)9(2)3/h5-9H,4H2,1-3H3/b6-5+. The molecule has 0 atom stereocenters. The van der Waals surface area contributed by atoms with E-state index in [-0.39, 0.29) is 5.97 Å². The Hall–Kier alpha value is -1.58. The van der Waals surface area contributed by atoms with Gasteiger partial charge in [0.2, 0.25) is 0 Å². The Bertz CT molecular complexity index is 353. The van der Waals surface area contributed by atoms with Crippen LogP contribution in [0.1, 0.15) is 32.6 Å². The van der Waals surface area contributed by atoms with Gasteiger partial charge in [0.25, 0.3) is 0 Å². The largest absolute Gasteiger partial charge is 0.463 e. The van der Waals surface area contributed by atoms with Gasteiger partial charge < -0.3 is 9.30 Å². The Morgan fingerprint density at radius 2 is 2.40 bits per heavy atom. The van der Waals surface area contributed by atoms with E-state index in [0.717, 1.165) is 5.82 Å². The summed E-state index contributed by atoms with van der Waals surface area (Å²) in [6, 6.07) is 0.328. The monoisotopic (exact) mass is 208 g/mol. The summed E-state index contributed by atoms with van der Waals surface area (Å²) in [5, 5.41) is 0. The van der Waals surface area contributed by atoms with E-state index in [1.165, 1.54) is 6.08 Å². The van der Waals surface area contributed by atoms with Crippen molar-refractivity contribution in [3.05, 3.63) is 24.3 Å². The molecule has 0 saturated heterocycles. The fraction of sp³-hybridized carbons (Fsp3) is 0.455. The lowest BCUT2D eigenvalue weighted by atomic mass is 10.3. The second-order valence-corrected chi connectivity index (χ2v) is 3.37. The normalized spacial score (nSPS) is 11.2. The van der Waals surface area contributed by atoms with E-state index in [1.807, 2.05) is 10.8 Å². The van der Waals surface area contributed by atoms with Gasteiger partial charge in [-0.1, -0.05) is 0 Å². The highest BCUT2D eigenvalue weighted by atomic mass is 16.5. The Labute approximate surface area is 89.6 Å². The first-order valence-corrected chi connectivity index (χ1v) is 5.02. The lowest BCUT2D eigenvalue weighted by molar-refractivity contribution is -0.137. The maximum atomic E-state index is 11.1. The predicted octanol–water partition coefficient (Wildman–Crippen LogP) is 2.04. The summed E-state index contributed by atoms with van der Waals surface area (Å²) < 4.78 is 6.76. The molecule has 0 aliphatic heterocycles. The molecule has 15 heavy (non-hydrogen) atoms. The average Bonchev–Trinajstić information content (AvgIpc) is 2.63. The molecule has 82 valence electrons. The van der Waals surface area contributed by atoms with Crippen LogP contribution in [0.2, 0.25) is 0 Å². The van der Waals surface area contributed by atoms with Crippen LogP contribution < -0.4 is 0 Å². The third kappa shape index (κ3) is 3.23. The molecule has 0 saturated carbocycles. The van der Waals surface area contributed by atoms with Crippen LogP contribution in [-0.2, 0) is 9.53 Å². The molecule has 0 amide bonds. The first-order valence-electron chi connectivity index (χ1n) is 5.02. The van der Waals surface area contributed by atoms with E-state index in [2.05, 4.69) is 18.8 Å². The van der Waals surface area contributed by atoms with Crippen molar-refractivity contribution >= 4 is 12.0 Å². The van der Waals surface area contributed by atoms with E-state index in [0.29, 0.717) is 12.6 Å². The van der Waals surface area contributed by atoms with Crippen LogP contribution in [0.4, 0.5) is 0 Å². The second-order valence-electron chi connectivity index (χ2n) is 3.37. The number of nitrogens with zero attached hydrogens (tertiary/aromatic N) is 2. The zero-order chi connectivity index (χ0) is 11.3. The van der Waals surface area contributed by atoms with Crippen LogP contribution in [0.5, 0.6) is 0 Å². The molecule has 0 unspecified atom stereocenters. The molecule has 1 rings (SSSR count). The third-order valence-corrected chi connectivity index (χ3v) is 1.91. The zero-order valence-electron chi connectivity index (χ0n) is 9.30. The van der Waals surface area contributed by atoms with Crippen LogP contribution in [0.3, 0.4) is 0 Å². The van der Waals surface area contributed by atoms with Gasteiger partial charge in [-0.3, -0.25) is 0 Å². The summed E-state index contributed by atoms with van der Waals surface area (Å²) in [5.74, 6) is 0.425. The van der Waals surface area contributed by atoms with Gasteiger partial charge >= 0.3 is 5.97 Å². The Morgan fingerprint density at radius 1 is 1.67 bits per heavy atom. The number of hydrogen-bond acceptors (Lipinski definition) is 3. The molecule has 0 aliphatic carbocycles. The smallest absolute Gasteiger partial charge is 0.330 e. The van der Waals surface area contributed by atoms with E-state index in [4.69, 9.17) is 4.74 Å². The van der Waals surface area contributed by atoms with Gasteiger partial charge in [-0.05, 0) is 26.8 Å². The van der Waals surface area contributed by atoms with Crippen LogP contribution in [0, 0.1) is 0 Å². The van der Waals surface area contributed by atoms with Gasteiger partial charge in [0, 0.05) is 24.5 Å². The van der Waals surface area contributed by atoms with Gasteiger partial charge in [-0.25, -0.2) is 9.78 Å². The molecule has 4 heteroatoms.